The number of halogens is 1. The van der Waals surface area contributed by atoms with Gasteiger partial charge in [-0.25, -0.2) is 4.79 Å². The number of hydrogen-bond acceptors (Lipinski definition) is 2. The van der Waals surface area contributed by atoms with Crippen molar-refractivity contribution in [3.8, 4) is 17.6 Å². The van der Waals surface area contributed by atoms with E-state index in [9.17, 15) is 4.79 Å². The molecule has 1 aromatic carbocycles. The molecule has 15 heavy (non-hydrogen) atoms. The molecule has 1 rings (SSSR count). The van der Waals surface area contributed by atoms with Gasteiger partial charge in [0.05, 0.1) is 18.6 Å². The maximum Gasteiger partial charge on any atom is 0.336 e. The fourth-order valence-electron chi connectivity index (χ4n) is 1.07. The van der Waals surface area contributed by atoms with Crippen LogP contribution < -0.4 is 4.74 Å². The van der Waals surface area contributed by atoms with Crippen LogP contribution in [0.4, 0.5) is 0 Å². The number of rotatable bonds is 2. The largest absolute Gasteiger partial charge is 0.497 e. The van der Waals surface area contributed by atoms with E-state index >= 15 is 0 Å². The van der Waals surface area contributed by atoms with Gasteiger partial charge in [-0.05, 0) is 18.2 Å². The minimum atomic E-state index is -1.02. The van der Waals surface area contributed by atoms with Gasteiger partial charge in [0, 0.05) is 5.56 Å². The molecule has 1 aromatic rings. The molecule has 78 valence electrons. The lowest BCUT2D eigenvalue weighted by Gasteiger charge is -2.02. The second kappa shape index (κ2) is 5.28. The maximum absolute atomic E-state index is 10.8. The van der Waals surface area contributed by atoms with Crippen molar-refractivity contribution < 1.29 is 14.6 Å². The molecule has 4 heteroatoms. The molecule has 0 heterocycles. The first-order valence-electron chi connectivity index (χ1n) is 4.15. The van der Waals surface area contributed by atoms with Crippen LogP contribution in [-0.4, -0.2) is 24.1 Å². The molecule has 0 fully saturated rings. The van der Waals surface area contributed by atoms with Crippen LogP contribution in [0.1, 0.15) is 15.9 Å². The lowest BCUT2D eigenvalue weighted by atomic mass is 10.1. The van der Waals surface area contributed by atoms with Crippen LogP contribution in [0.3, 0.4) is 0 Å². The number of benzene rings is 1. The molecule has 0 aliphatic carbocycles. The number of carboxylic acid groups (broad SMARTS) is 1. The Balaban J connectivity index is 3.22. The highest BCUT2D eigenvalue weighted by atomic mass is 35.5. The summed E-state index contributed by atoms with van der Waals surface area (Å²) in [5, 5.41) is 8.89. The molecule has 0 aromatic heterocycles. The van der Waals surface area contributed by atoms with Crippen molar-refractivity contribution in [3.05, 3.63) is 29.3 Å². The van der Waals surface area contributed by atoms with E-state index in [-0.39, 0.29) is 11.4 Å². The number of ether oxygens (including phenoxy) is 1. The van der Waals surface area contributed by atoms with Crippen molar-refractivity contribution in [2.45, 2.75) is 0 Å². The quantitative estimate of drug-likeness (QED) is 0.617. The van der Waals surface area contributed by atoms with Crippen molar-refractivity contribution in [1.82, 2.24) is 0 Å². The summed E-state index contributed by atoms with van der Waals surface area (Å²) in [5.74, 6) is 5.00. The van der Waals surface area contributed by atoms with E-state index in [0.29, 0.717) is 11.3 Å². The van der Waals surface area contributed by atoms with Crippen molar-refractivity contribution in [3.63, 3.8) is 0 Å². The van der Waals surface area contributed by atoms with E-state index in [0.717, 1.165) is 0 Å². The summed E-state index contributed by atoms with van der Waals surface area (Å²) in [7, 11) is 1.51. The number of alkyl halides is 1. The van der Waals surface area contributed by atoms with Gasteiger partial charge in [0.25, 0.3) is 0 Å². The highest BCUT2D eigenvalue weighted by molar-refractivity contribution is 6.19. The van der Waals surface area contributed by atoms with Crippen molar-refractivity contribution >= 4 is 17.6 Å². The molecular weight excluding hydrogens is 216 g/mol. The number of aromatic carboxylic acids is 1. The third kappa shape index (κ3) is 2.90. The molecule has 0 aliphatic rings. The van der Waals surface area contributed by atoms with Crippen LogP contribution in [0, 0.1) is 11.8 Å². The Hall–Kier alpha value is -1.66. The highest BCUT2D eigenvalue weighted by Crippen LogP contribution is 2.16. The van der Waals surface area contributed by atoms with Gasteiger partial charge in [-0.3, -0.25) is 0 Å². The monoisotopic (exact) mass is 224 g/mol. The van der Waals surface area contributed by atoms with E-state index < -0.39 is 5.97 Å². The summed E-state index contributed by atoms with van der Waals surface area (Å²) < 4.78 is 4.98. The Morgan fingerprint density at radius 2 is 2.33 bits per heavy atom. The van der Waals surface area contributed by atoms with Crippen LogP contribution in [0.2, 0.25) is 0 Å². The fraction of sp³-hybridized carbons (Fsp3) is 0.182. The Labute approximate surface area is 92.6 Å². The van der Waals surface area contributed by atoms with Gasteiger partial charge < -0.3 is 9.84 Å². The second-order valence-electron chi connectivity index (χ2n) is 2.65. The first-order chi connectivity index (χ1) is 7.19. The third-order valence-corrected chi connectivity index (χ3v) is 1.88. The molecule has 0 amide bonds. The Kier molecular flexibility index (Phi) is 4.02. The van der Waals surface area contributed by atoms with Crippen molar-refractivity contribution in [2.24, 2.45) is 0 Å². The van der Waals surface area contributed by atoms with E-state index in [2.05, 4.69) is 11.8 Å². The van der Waals surface area contributed by atoms with Crippen LogP contribution in [0.5, 0.6) is 5.75 Å². The average Bonchev–Trinajstić information content (AvgIpc) is 2.25. The Morgan fingerprint density at radius 1 is 1.60 bits per heavy atom. The number of methoxy groups -OCH3 is 1. The fourth-order valence-corrected chi connectivity index (χ4v) is 1.14. The number of hydrogen-bond donors (Lipinski definition) is 1. The molecule has 0 unspecified atom stereocenters. The minimum Gasteiger partial charge on any atom is -0.497 e. The minimum absolute atomic E-state index is 0.147. The molecule has 0 radical (unpaired) electrons. The standard InChI is InChI=1S/C11H9ClO3/c1-15-9-4-5-10(11(13)14)8(7-9)3-2-6-12/h4-5,7H,6H2,1H3,(H,13,14). The zero-order chi connectivity index (χ0) is 11.3. The summed E-state index contributed by atoms with van der Waals surface area (Å²) >= 11 is 5.40. The van der Waals surface area contributed by atoms with Crippen molar-refractivity contribution in [2.75, 3.05) is 13.0 Å². The molecule has 1 N–H and O–H groups in total. The maximum atomic E-state index is 10.8. The lowest BCUT2D eigenvalue weighted by molar-refractivity contribution is 0.0696. The highest BCUT2D eigenvalue weighted by Gasteiger charge is 2.08. The van der Waals surface area contributed by atoms with Crippen LogP contribution in [0.25, 0.3) is 0 Å². The summed E-state index contributed by atoms with van der Waals surface area (Å²) in [5.41, 5.74) is 0.552. The summed E-state index contributed by atoms with van der Waals surface area (Å²) in [6.45, 7) is 0. The molecule has 0 saturated heterocycles. The molecular formula is C11H9ClO3. The van der Waals surface area contributed by atoms with Crippen LogP contribution in [-0.2, 0) is 0 Å². The normalized spacial score (nSPS) is 8.93. The van der Waals surface area contributed by atoms with Gasteiger partial charge >= 0.3 is 5.97 Å². The third-order valence-electron chi connectivity index (χ3n) is 1.75. The Morgan fingerprint density at radius 3 is 2.87 bits per heavy atom. The summed E-state index contributed by atoms with van der Waals surface area (Å²) in [4.78, 5) is 10.8. The number of carbonyl (C=O) groups is 1. The Bertz CT molecular complexity index is 429. The van der Waals surface area contributed by atoms with E-state index in [4.69, 9.17) is 21.4 Å². The van der Waals surface area contributed by atoms with E-state index in [1.165, 1.54) is 13.2 Å². The molecule has 0 bridgehead atoms. The van der Waals surface area contributed by atoms with Gasteiger partial charge in [0.2, 0.25) is 0 Å². The molecule has 3 nitrogen and oxygen atoms in total. The van der Waals surface area contributed by atoms with Gasteiger partial charge in [0.15, 0.2) is 0 Å². The lowest BCUT2D eigenvalue weighted by Crippen LogP contribution is -2.00. The SMILES string of the molecule is COc1ccc(C(=O)O)c(C#CCCl)c1. The smallest absolute Gasteiger partial charge is 0.336 e. The van der Waals surface area contributed by atoms with Gasteiger partial charge in [-0.2, -0.15) is 0 Å². The first-order valence-corrected chi connectivity index (χ1v) is 4.68. The van der Waals surface area contributed by atoms with E-state index in [1.54, 1.807) is 12.1 Å². The predicted octanol–water partition coefficient (Wildman–Crippen LogP) is 1.98. The van der Waals surface area contributed by atoms with Gasteiger partial charge in [-0.15, -0.1) is 11.6 Å². The zero-order valence-electron chi connectivity index (χ0n) is 8.08. The average molecular weight is 225 g/mol. The molecule has 0 atom stereocenters. The number of carboxylic acids is 1. The van der Waals surface area contributed by atoms with Gasteiger partial charge in [-0.1, -0.05) is 11.8 Å². The zero-order valence-corrected chi connectivity index (χ0v) is 8.84. The van der Waals surface area contributed by atoms with Crippen LogP contribution in [0.15, 0.2) is 18.2 Å². The van der Waals surface area contributed by atoms with Crippen LogP contribution >= 0.6 is 11.6 Å². The second-order valence-corrected chi connectivity index (χ2v) is 2.92. The molecule has 0 aliphatic heterocycles. The first kappa shape index (κ1) is 11.4. The summed E-state index contributed by atoms with van der Waals surface area (Å²) in [6, 6.07) is 4.61. The topological polar surface area (TPSA) is 46.5 Å². The summed E-state index contributed by atoms with van der Waals surface area (Å²) in [6.07, 6.45) is 0. The predicted molar refractivity (Wildman–Crippen MR) is 57.6 cm³/mol. The van der Waals surface area contributed by atoms with Crippen molar-refractivity contribution in [1.29, 1.82) is 0 Å². The molecule has 0 spiro atoms. The van der Waals surface area contributed by atoms with Gasteiger partial charge in [0.1, 0.15) is 5.75 Å². The van der Waals surface area contributed by atoms with E-state index in [1.807, 2.05) is 0 Å². The molecule has 0 saturated carbocycles.